The highest BCUT2D eigenvalue weighted by Gasteiger charge is 2.04. The Bertz CT molecular complexity index is 644. The summed E-state index contributed by atoms with van der Waals surface area (Å²) < 4.78 is 5.87. The van der Waals surface area contributed by atoms with E-state index in [9.17, 15) is 0 Å². The number of hydrogen-bond donors (Lipinski definition) is 0. The summed E-state index contributed by atoms with van der Waals surface area (Å²) in [5.41, 5.74) is 2.82. The minimum Gasteiger partial charge on any atom is -0.457 e. The molecule has 0 aliphatic carbocycles. The fourth-order valence-corrected chi connectivity index (χ4v) is 2.46. The monoisotopic (exact) mass is 269 g/mol. The third-order valence-electron chi connectivity index (χ3n) is 2.90. The molecule has 0 unspecified atom stereocenters. The van der Waals surface area contributed by atoms with Crippen LogP contribution in [0, 0.1) is 25.2 Å². The van der Waals surface area contributed by atoms with Crippen molar-refractivity contribution < 1.29 is 4.74 Å². The molecular formula is C16H15NOS. The van der Waals surface area contributed by atoms with Gasteiger partial charge in [-0.3, -0.25) is 0 Å². The van der Waals surface area contributed by atoms with Gasteiger partial charge in [0, 0.05) is 4.90 Å². The molecule has 2 aromatic rings. The van der Waals surface area contributed by atoms with Gasteiger partial charge in [-0.05, 0) is 67.6 Å². The summed E-state index contributed by atoms with van der Waals surface area (Å²) in [7, 11) is 0. The predicted molar refractivity (Wildman–Crippen MR) is 78.9 cm³/mol. The Morgan fingerprint density at radius 2 is 1.84 bits per heavy atom. The molecule has 0 amide bonds. The van der Waals surface area contributed by atoms with Crippen LogP contribution in [0.15, 0.2) is 41.3 Å². The maximum atomic E-state index is 8.84. The minimum atomic E-state index is 0.652. The molecule has 0 fully saturated rings. The number of nitrogens with zero attached hydrogens (tertiary/aromatic N) is 1. The van der Waals surface area contributed by atoms with Crippen LogP contribution in [0.3, 0.4) is 0 Å². The number of nitriles is 1. The van der Waals surface area contributed by atoms with Crippen molar-refractivity contribution in [1.29, 1.82) is 5.26 Å². The molecule has 0 bridgehead atoms. The van der Waals surface area contributed by atoms with Gasteiger partial charge in [-0.1, -0.05) is 0 Å². The van der Waals surface area contributed by atoms with Crippen molar-refractivity contribution in [2.24, 2.45) is 0 Å². The minimum absolute atomic E-state index is 0.652. The fraction of sp³-hybridized carbons (Fsp3) is 0.188. The molecule has 0 atom stereocenters. The van der Waals surface area contributed by atoms with Crippen molar-refractivity contribution >= 4 is 11.8 Å². The molecule has 0 saturated heterocycles. The van der Waals surface area contributed by atoms with Gasteiger partial charge in [-0.15, -0.1) is 11.8 Å². The smallest absolute Gasteiger partial charge is 0.130 e. The van der Waals surface area contributed by atoms with Crippen LogP contribution in [0.4, 0.5) is 0 Å². The first-order chi connectivity index (χ1) is 9.13. The topological polar surface area (TPSA) is 33.0 Å². The number of rotatable bonds is 3. The second-order valence-corrected chi connectivity index (χ2v) is 5.17. The van der Waals surface area contributed by atoms with Gasteiger partial charge in [-0.25, -0.2) is 0 Å². The average molecular weight is 269 g/mol. The van der Waals surface area contributed by atoms with E-state index >= 15 is 0 Å². The van der Waals surface area contributed by atoms with Crippen LogP contribution in [0.2, 0.25) is 0 Å². The lowest BCUT2D eigenvalue weighted by Crippen LogP contribution is -1.90. The van der Waals surface area contributed by atoms with Gasteiger partial charge in [-0.2, -0.15) is 5.26 Å². The lowest BCUT2D eigenvalue weighted by atomic mass is 10.1. The van der Waals surface area contributed by atoms with Gasteiger partial charge >= 0.3 is 0 Å². The van der Waals surface area contributed by atoms with Crippen molar-refractivity contribution in [3.63, 3.8) is 0 Å². The Kier molecular flexibility index (Phi) is 4.13. The van der Waals surface area contributed by atoms with Crippen molar-refractivity contribution in [1.82, 2.24) is 0 Å². The maximum Gasteiger partial charge on any atom is 0.130 e. The molecule has 3 heteroatoms. The lowest BCUT2D eigenvalue weighted by molar-refractivity contribution is 0.478. The standard InChI is InChI=1S/C16H15NOS/c1-11-8-13(10-17)4-6-15(11)18-14-5-7-16(19-3)12(2)9-14/h4-9H,1-3H3. The molecule has 0 saturated carbocycles. The molecule has 2 nitrogen and oxygen atoms in total. The quantitative estimate of drug-likeness (QED) is 0.758. The largest absolute Gasteiger partial charge is 0.457 e. The summed E-state index contributed by atoms with van der Waals surface area (Å²) in [6.45, 7) is 4.02. The van der Waals surface area contributed by atoms with Crippen molar-refractivity contribution in [3.8, 4) is 17.6 Å². The first-order valence-electron chi connectivity index (χ1n) is 5.97. The Hall–Kier alpha value is -1.92. The Morgan fingerprint density at radius 1 is 1.05 bits per heavy atom. The Labute approximate surface area is 118 Å². The Balaban J connectivity index is 2.26. The van der Waals surface area contributed by atoms with Gasteiger partial charge in [0.15, 0.2) is 0 Å². The highest BCUT2D eigenvalue weighted by molar-refractivity contribution is 7.98. The number of thioether (sulfide) groups is 1. The van der Waals surface area contributed by atoms with E-state index in [0.717, 1.165) is 17.1 Å². The van der Waals surface area contributed by atoms with Crippen LogP contribution in [0.5, 0.6) is 11.5 Å². The first kappa shape index (κ1) is 13.5. The van der Waals surface area contributed by atoms with E-state index in [1.54, 1.807) is 17.8 Å². The second kappa shape index (κ2) is 5.81. The first-order valence-corrected chi connectivity index (χ1v) is 7.20. The highest BCUT2D eigenvalue weighted by Crippen LogP contribution is 2.29. The van der Waals surface area contributed by atoms with E-state index in [2.05, 4.69) is 25.3 Å². The van der Waals surface area contributed by atoms with Crippen LogP contribution in [0.25, 0.3) is 0 Å². The SMILES string of the molecule is CSc1ccc(Oc2ccc(C#N)cc2C)cc1C. The van der Waals surface area contributed by atoms with Crippen molar-refractivity contribution in [2.75, 3.05) is 6.26 Å². The molecule has 0 aromatic heterocycles. The van der Waals surface area contributed by atoms with Gasteiger partial charge in [0.2, 0.25) is 0 Å². The van der Waals surface area contributed by atoms with Gasteiger partial charge < -0.3 is 4.74 Å². The second-order valence-electron chi connectivity index (χ2n) is 4.33. The summed E-state index contributed by atoms with van der Waals surface area (Å²) in [6.07, 6.45) is 2.06. The Morgan fingerprint density at radius 3 is 2.42 bits per heavy atom. The summed E-state index contributed by atoms with van der Waals surface area (Å²) in [4.78, 5) is 1.25. The van der Waals surface area contributed by atoms with Crippen molar-refractivity contribution in [2.45, 2.75) is 18.7 Å². The van der Waals surface area contributed by atoms with Crippen LogP contribution >= 0.6 is 11.8 Å². The van der Waals surface area contributed by atoms with Crippen LogP contribution in [-0.2, 0) is 0 Å². The molecule has 0 heterocycles. The molecule has 2 aromatic carbocycles. The normalized spacial score (nSPS) is 10.0. The van der Waals surface area contributed by atoms with Crippen LogP contribution < -0.4 is 4.74 Å². The summed E-state index contributed by atoms with van der Waals surface area (Å²) in [5.74, 6) is 1.61. The number of hydrogen-bond acceptors (Lipinski definition) is 3. The predicted octanol–water partition coefficient (Wildman–Crippen LogP) is 4.69. The van der Waals surface area contributed by atoms with Crippen LogP contribution in [-0.4, -0.2) is 6.26 Å². The zero-order valence-electron chi connectivity index (χ0n) is 11.2. The summed E-state index contributed by atoms with van der Waals surface area (Å²) in [6, 6.07) is 13.6. The number of benzene rings is 2. The van der Waals surface area contributed by atoms with Crippen LogP contribution in [0.1, 0.15) is 16.7 Å². The van der Waals surface area contributed by atoms with E-state index < -0.39 is 0 Å². The molecular weight excluding hydrogens is 254 g/mol. The van der Waals surface area contributed by atoms with E-state index in [1.807, 2.05) is 31.2 Å². The van der Waals surface area contributed by atoms with E-state index in [-0.39, 0.29) is 0 Å². The zero-order chi connectivity index (χ0) is 13.8. The molecule has 0 N–H and O–H groups in total. The van der Waals surface area contributed by atoms with Gasteiger partial charge in [0.1, 0.15) is 11.5 Å². The zero-order valence-corrected chi connectivity index (χ0v) is 12.0. The van der Waals surface area contributed by atoms with E-state index in [0.29, 0.717) is 5.56 Å². The fourth-order valence-electron chi connectivity index (χ4n) is 1.87. The van der Waals surface area contributed by atoms with E-state index in [4.69, 9.17) is 10.00 Å². The molecule has 0 radical (unpaired) electrons. The molecule has 2 rings (SSSR count). The average Bonchev–Trinajstić information content (AvgIpc) is 2.41. The summed E-state index contributed by atoms with van der Waals surface area (Å²) >= 11 is 1.73. The molecule has 19 heavy (non-hydrogen) atoms. The van der Waals surface area contributed by atoms with Crippen molar-refractivity contribution in [3.05, 3.63) is 53.1 Å². The lowest BCUT2D eigenvalue weighted by Gasteiger charge is -2.10. The highest BCUT2D eigenvalue weighted by atomic mass is 32.2. The number of aryl methyl sites for hydroxylation is 2. The third-order valence-corrected chi connectivity index (χ3v) is 3.80. The third kappa shape index (κ3) is 3.10. The molecule has 96 valence electrons. The number of ether oxygens (including phenoxy) is 1. The maximum absolute atomic E-state index is 8.84. The molecule has 0 spiro atoms. The molecule has 0 aliphatic rings. The van der Waals surface area contributed by atoms with E-state index in [1.165, 1.54) is 10.5 Å². The summed E-state index contributed by atoms with van der Waals surface area (Å²) in [5, 5.41) is 8.84. The molecule has 0 aliphatic heterocycles. The van der Waals surface area contributed by atoms with Gasteiger partial charge in [0.25, 0.3) is 0 Å². The van der Waals surface area contributed by atoms with Gasteiger partial charge in [0.05, 0.1) is 11.6 Å².